The highest BCUT2D eigenvalue weighted by Crippen LogP contribution is 2.28. The third kappa shape index (κ3) is 4.34. The topological polar surface area (TPSA) is 49.3 Å². The van der Waals surface area contributed by atoms with Gasteiger partial charge in [0.05, 0.1) is 6.42 Å². The van der Waals surface area contributed by atoms with Gasteiger partial charge in [-0.3, -0.25) is 4.79 Å². The van der Waals surface area contributed by atoms with Gasteiger partial charge in [0.1, 0.15) is 0 Å². The summed E-state index contributed by atoms with van der Waals surface area (Å²) in [7, 11) is 0. The van der Waals surface area contributed by atoms with E-state index in [4.69, 9.17) is 5.11 Å². The van der Waals surface area contributed by atoms with Crippen molar-refractivity contribution in [1.82, 2.24) is 5.32 Å². The fourth-order valence-electron chi connectivity index (χ4n) is 3.15. The standard InChI is InChI=1S/C17H25NO2/c1-13-6-2-3-8-15(13)11-18-12-16-9-5-4-7-14(16)10-17(19)20/h4-5,7,9,13,15,18H,2-3,6,8,10-12H2,1H3,(H,19,20). The Morgan fingerprint density at radius 3 is 2.65 bits per heavy atom. The number of carboxylic acid groups (broad SMARTS) is 1. The van der Waals surface area contributed by atoms with Gasteiger partial charge in [-0.15, -0.1) is 0 Å². The van der Waals surface area contributed by atoms with Crippen molar-refractivity contribution in [2.75, 3.05) is 6.54 Å². The highest BCUT2D eigenvalue weighted by Gasteiger charge is 2.20. The van der Waals surface area contributed by atoms with Crippen molar-refractivity contribution in [1.29, 1.82) is 0 Å². The van der Waals surface area contributed by atoms with Crippen LogP contribution < -0.4 is 5.32 Å². The lowest BCUT2D eigenvalue weighted by Gasteiger charge is -2.29. The summed E-state index contributed by atoms with van der Waals surface area (Å²) in [5.74, 6) is 0.819. The molecule has 1 fully saturated rings. The van der Waals surface area contributed by atoms with Crippen LogP contribution in [0.5, 0.6) is 0 Å². The van der Waals surface area contributed by atoms with Crippen molar-refractivity contribution in [3.63, 3.8) is 0 Å². The lowest BCUT2D eigenvalue weighted by molar-refractivity contribution is -0.136. The SMILES string of the molecule is CC1CCCCC1CNCc1ccccc1CC(=O)O. The number of carboxylic acids is 1. The summed E-state index contributed by atoms with van der Waals surface area (Å²) in [6, 6.07) is 7.82. The quantitative estimate of drug-likeness (QED) is 0.838. The zero-order valence-corrected chi connectivity index (χ0v) is 12.3. The summed E-state index contributed by atoms with van der Waals surface area (Å²) in [5.41, 5.74) is 2.03. The monoisotopic (exact) mass is 275 g/mol. The minimum Gasteiger partial charge on any atom is -0.481 e. The molecule has 0 spiro atoms. The molecule has 3 nitrogen and oxygen atoms in total. The average Bonchev–Trinajstić information content (AvgIpc) is 2.42. The first kappa shape index (κ1) is 15.0. The maximum Gasteiger partial charge on any atom is 0.307 e. The zero-order chi connectivity index (χ0) is 14.4. The van der Waals surface area contributed by atoms with Crippen LogP contribution in [0.3, 0.4) is 0 Å². The Hall–Kier alpha value is -1.35. The molecule has 0 bridgehead atoms. The molecule has 0 amide bonds. The van der Waals surface area contributed by atoms with Gasteiger partial charge in [0.2, 0.25) is 0 Å². The van der Waals surface area contributed by atoms with Crippen molar-refractivity contribution < 1.29 is 9.90 Å². The van der Waals surface area contributed by atoms with Gasteiger partial charge in [0.15, 0.2) is 0 Å². The number of hydrogen-bond donors (Lipinski definition) is 2. The number of carbonyl (C=O) groups is 1. The molecule has 0 heterocycles. The first-order valence-electron chi connectivity index (χ1n) is 7.66. The lowest BCUT2D eigenvalue weighted by Crippen LogP contribution is -2.29. The molecule has 1 aromatic rings. The summed E-state index contributed by atoms with van der Waals surface area (Å²) in [5, 5.41) is 12.5. The predicted molar refractivity (Wildman–Crippen MR) is 80.6 cm³/mol. The van der Waals surface area contributed by atoms with Crippen molar-refractivity contribution in [2.45, 2.75) is 45.6 Å². The van der Waals surface area contributed by atoms with Crippen molar-refractivity contribution in [3.8, 4) is 0 Å². The molecule has 2 unspecified atom stereocenters. The van der Waals surface area contributed by atoms with E-state index < -0.39 is 5.97 Å². The molecule has 2 N–H and O–H groups in total. The Balaban J connectivity index is 1.85. The fourth-order valence-corrected chi connectivity index (χ4v) is 3.15. The molecule has 0 aromatic heterocycles. The maximum absolute atomic E-state index is 10.9. The lowest BCUT2D eigenvalue weighted by atomic mass is 9.80. The predicted octanol–water partition coefficient (Wildman–Crippen LogP) is 3.23. The summed E-state index contributed by atoms with van der Waals surface area (Å²) in [4.78, 5) is 10.9. The Bertz CT molecular complexity index is 444. The second kappa shape index (κ2) is 7.44. The minimum atomic E-state index is -0.765. The molecular weight excluding hydrogens is 250 g/mol. The van der Waals surface area contributed by atoms with Crippen LogP contribution in [0.15, 0.2) is 24.3 Å². The third-order valence-corrected chi connectivity index (χ3v) is 4.47. The average molecular weight is 275 g/mol. The highest BCUT2D eigenvalue weighted by molar-refractivity contribution is 5.70. The molecule has 0 radical (unpaired) electrons. The molecule has 2 atom stereocenters. The van der Waals surface area contributed by atoms with Gasteiger partial charge in [-0.2, -0.15) is 0 Å². The highest BCUT2D eigenvalue weighted by atomic mass is 16.4. The van der Waals surface area contributed by atoms with E-state index in [1.807, 2.05) is 24.3 Å². The first-order valence-corrected chi connectivity index (χ1v) is 7.66. The largest absolute Gasteiger partial charge is 0.481 e. The Morgan fingerprint density at radius 1 is 1.25 bits per heavy atom. The van der Waals surface area contributed by atoms with Gasteiger partial charge in [0, 0.05) is 6.54 Å². The van der Waals surface area contributed by atoms with Crippen LogP contribution in [0, 0.1) is 11.8 Å². The number of nitrogens with one attached hydrogen (secondary N) is 1. The van der Waals surface area contributed by atoms with Gasteiger partial charge < -0.3 is 10.4 Å². The summed E-state index contributed by atoms with van der Waals surface area (Å²) in [6.07, 6.45) is 5.51. The van der Waals surface area contributed by atoms with Gasteiger partial charge in [-0.1, -0.05) is 50.5 Å². The van der Waals surface area contributed by atoms with E-state index >= 15 is 0 Å². The number of rotatable bonds is 6. The van der Waals surface area contributed by atoms with Crippen LogP contribution >= 0.6 is 0 Å². The summed E-state index contributed by atoms with van der Waals surface area (Å²) < 4.78 is 0. The van der Waals surface area contributed by atoms with E-state index in [2.05, 4.69) is 12.2 Å². The molecule has 20 heavy (non-hydrogen) atoms. The third-order valence-electron chi connectivity index (χ3n) is 4.47. The zero-order valence-electron chi connectivity index (χ0n) is 12.3. The van der Waals surface area contributed by atoms with Gasteiger partial charge >= 0.3 is 5.97 Å². The van der Waals surface area contributed by atoms with E-state index in [0.29, 0.717) is 0 Å². The number of aliphatic carboxylic acids is 1. The molecule has 3 heteroatoms. The van der Waals surface area contributed by atoms with Crippen molar-refractivity contribution in [3.05, 3.63) is 35.4 Å². The van der Waals surface area contributed by atoms with Crippen LogP contribution in [0.4, 0.5) is 0 Å². The normalized spacial score (nSPS) is 22.6. The second-order valence-electron chi connectivity index (χ2n) is 5.99. The van der Waals surface area contributed by atoms with Gasteiger partial charge in [-0.05, 0) is 35.9 Å². The molecule has 110 valence electrons. The molecule has 1 saturated carbocycles. The molecule has 1 aliphatic carbocycles. The first-order chi connectivity index (χ1) is 9.66. The van der Waals surface area contributed by atoms with Gasteiger partial charge in [-0.25, -0.2) is 0 Å². The van der Waals surface area contributed by atoms with E-state index in [9.17, 15) is 4.79 Å². The van der Waals surface area contributed by atoms with E-state index in [-0.39, 0.29) is 6.42 Å². The molecule has 2 rings (SSSR count). The number of benzene rings is 1. The molecule has 0 aliphatic heterocycles. The molecule has 1 aliphatic rings. The number of hydrogen-bond acceptors (Lipinski definition) is 2. The minimum absolute atomic E-state index is 0.109. The van der Waals surface area contributed by atoms with E-state index in [1.54, 1.807) is 0 Å². The van der Waals surface area contributed by atoms with Crippen LogP contribution in [0.1, 0.15) is 43.7 Å². The van der Waals surface area contributed by atoms with Crippen molar-refractivity contribution >= 4 is 5.97 Å². The maximum atomic E-state index is 10.9. The van der Waals surface area contributed by atoms with Crippen LogP contribution in [-0.2, 0) is 17.8 Å². The summed E-state index contributed by atoms with van der Waals surface area (Å²) >= 11 is 0. The molecular formula is C17H25NO2. The second-order valence-corrected chi connectivity index (χ2v) is 5.99. The van der Waals surface area contributed by atoms with Crippen molar-refractivity contribution in [2.24, 2.45) is 11.8 Å². The van der Waals surface area contributed by atoms with Gasteiger partial charge in [0.25, 0.3) is 0 Å². The fraction of sp³-hybridized carbons (Fsp3) is 0.588. The van der Waals surface area contributed by atoms with Crippen LogP contribution in [0.25, 0.3) is 0 Å². The Kier molecular flexibility index (Phi) is 5.60. The Morgan fingerprint density at radius 2 is 1.95 bits per heavy atom. The van der Waals surface area contributed by atoms with E-state index in [1.165, 1.54) is 25.7 Å². The molecule has 1 aromatic carbocycles. The van der Waals surface area contributed by atoms with E-state index in [0.717, 1.165) is 36.1 Å². The smallest absolute Gasteiger partial charge is 0.307 e. The molecule has 0 saturated heterocycles. The Labute approximate surface area is 121 Å². The van der Waals surface area contributed by atoms with Crippen LogP contribution in [-0.4, -0.2) is 17.6 Å². The summed E-state index contributed by atoms with van der Waals surface area (Å²) in [6.45, 7) is 4.17. The van der Waals surface area contributed by atoms with Crippen LogP contribution in [0.2, 0.25) is 0 Å².